The number of methoxy groups -OCH3 is 1. The van der Waals surface area contributed by atoms with Gasteiger partial charge in [-0.1, -0.05) is 0 Å². The molecule has 6 heteroatoms. The van der Waals surface area contributed by atoms with E-state index >= 15 is 0 Å². The molecular formula is C14H22Cl2N2O2. The molecule has 1 aromatic carbocycles. The molecule has 114 valence electrons. The number of hydrogen-bond donors (Lipinski definition) is 2. The molecule has 2 atom stereocenters. The second kappa shape index (κ2) is 6.39. The number of hydrogen-bond acceptors (Lipinski definition) is 4. The fourth-order valence-corrected chi connectivity index (χ4v) is 3.39. The normalized spacial score (nSPS) is 24.1. The monoisotopic (exact) mass is 320 g/mol. The summed E-state index contributed by atoms with van der Waals surface area (Å²) in [6, 6.07) is 2.31. The maximum absolute atomic E-state index is 10.3. The highest BCUT2D eigenvalue weighted by molar-refractivity contribution is 5.85. The third-order valence-electron chi connectivity index (χ3n) is 4.37. The van der Waals surface area contributed by atoms with Gasteiger partial charge < -0.3 is 15.6 Å². The summed E-state index contributed by atoms with van der Waals surface area (Å²) in [5.41, 5.74) is 9.64. The number of phenols is 1. The van der Waals surface area contributed by atoms with E-state index in [1.54, 1.807) is 7.11 Å². The lowest BCUT2D eigenvalue weighted by Crippen LogP contribution is -2.37. The van der Waals surface area contributed by atoms with Crippen molar-refractivity contribution >= 4 is 24.8 Å². The average Bonchev–Trinajstić information content (AvgIpc) is 2.37. The van der Waals surface area contributed by atoms with Crippen molar-refractivity contribution in [3.63, 3.8) is 0 Å². The van der Waals surface area contributed by atoms with Crippen LogP contribution in [0.5, 0.6) is 11.5 Å². The fourth-order valence-electron chi connectivity index (χ4n) is 3.39. The molecule has 0 saturated heterocycles. The molecule has 0 aromatic heterocycles. The van der Waals surface area contributed by atoms with Gasteiger partial charge in [-0.05, 0) is 43.5 Å². The van der Waals surface area contributed by atoms with Gasteiger partial charge in [0.05, 0.1) is 7.11 Å². The molecule has 0 bridgehead atoms. The number of rotatable bonds is 1. The zero-order chi connectivity index (χ0) is 12.9. The lowest BCUT2D eigenvalue weighted by molar-refractivity contribution is 0.198. The van der Waals surface area contributed by atoms with Crippen LogP contribution in [0.3, 0.4) is 0 Å². The summed E-state index contributed by atoms with van der Waals surface area (Å²) >= 11 is 0. The lowest BCUT2D eigenvalue weighted by atomic mass is 9.78. The quantitative estimate of drug-likeness (QED) is 0.835. The van der Waals surface area contributed by atoms with E-state index < -0.39 is 0 Å². The van der Waals surface area contributed by atoms with Crippen LogP contribution in [0.1, 0.15) is 41.6 Å². The average molecular weight is 321 g/mol. The summed E-state index contributed by atoms with van der Waals surface area (Å²) in [6.07, 6.45) is 2.99. The van der Waals surface area contributed by atoms with E-state index in [-0.39, 0.29) is 36.6 Å². The van der Waals surface area contributed by atoms with Gasteiger partial charge in [-0.3, -0.25) is 4.90 Å². The highest BCUT2D eigenvalue weighted by atomic mass is 35.5. The molecule has 3 rings (SSSR count). The van der Waals surface area contributed by atoms with Gasteiger partial charge in [0, 0.05) is 24.2 Å². The van der Waals surface area contributed by atoms with Gasteiger partial charge in [-0.15, -0.1) is 24.8 Å². The van der Waals surface area contributed by atoms with Gasteiger partial charge in [0.15, 0.2) is 11.5 Å². The molecule has 1 aliphatic heterocycles. The number of ether oxygens (including phenoxy) is 1. The van der Waals surface area contributed by atoms with E-state index in [4.69, 9.17) is 10.5 Å². The molecule has 1 aliphatic carbocycles. The van der Waals surface area contributed by atoms with Gasteiger partial charge >= 0.3 is 0 Å². The van der Waals surface area contributed by atoms with Crippen molar-refractivity contribution in [2.45, 2.75) is 31.3 Å². The van der Waals surface area contributed by atoms with Crippen LogP contribution in [-0.4, -0.2) is 30.7 Å². The molecule has 1 aromatic rings. The molecule has 0 amide bonds. The third kappa shape index (κ3) is 2.46. The van der Waals surface area contributed by atoms with Crippen LogP contribution in [0.25, 0.3) is 0 Å². The first kappa shape index (κ1) is 17.4. The number of halogens is 2. The van der Waals surface area contributed by atoms with Crippen molar-refractivity contribution in [3.05, 3.63) is 22.8 Å². The van der Waals surface area contributed by atoms with Gasteiger partial charge in [0.2, 0.25) is 0 Å². The first-order chi connectivity index (χ1) is 8.63. The number of likely N-dealkylation sites (N-methyl/N-ethyl adjacent to an activating group) is 1. The molecule has 20 heavy (non-hydrogen) atoms. The van der Waals surface area contributed by atoms with Crippen molar-refractivity contribution in [1.82, 2.24) is 4.90 Å². The molecule has 4 nitrogen and oxygen atoms in total. The molecule has 0 spiro atoms. The molecule has 1 heterocycles. The summed E-state index contributed by atoms with van der Waals surface area (Å²) in [4.78, 5) is 2.36. The number of phenolic OH excluding ortho intramolecular Hbond substituents is 1. The maximum Gasteiger partial charge on any atom is 0.162 e. The first-order valence-corrected chi connectivity index (χ1v) is 6.52. The number of benzene rings is 1. The highest BCUT2D eigenvalue weighted by Gasteiger charge is 2.36. The van der Waals surface area contributed by atoms with Crippen LogP contribution in [0.4, 0.5) is 0 Å². The minimum absolute atomic E-state index is 0. The third-order valence-corrected chi connectivity index (χ3v) is 4.37. The van der Waals surface area contributed by atoms with Crippen LogP contribution in [0.15, 0.2) is 6.07 Å². The largest absolute Gasteiger partial charge is 0.504 e. The Morgan fingerprint density at radius 2 is 2.00 bits per heavy atom. The predicted molar refractivity (Wildman–Crippen MR) is 84.4 cm³/mol. The van der Waals surface area contributed by atoms with Crippen LogP contribution < -0.4 is 10.5 Å². The van der Waals surface area contributed by atoms with E-state index in [9.17, 15) is 5.11 Å². The summed E-state index contributed by atoms with van der Waals surface area (Å²) in [7, 11) is 3.74. The Morgan fingerprint density at radius 3 is 2.65 bits per heavy atom. The number of aromatic hydroxyl groups is 1. The zero-order valence-electron chi connectivity index (χ0n) is 11.8. The van der Waals surface area contributed by atoms with Gasteiger partial charge in [-0.25, -0.2) is 0 Å². The minimum atomic E-state index is -0.0726. The van der Waals surface area contributed by atoms with E-state index in [0.29, 0.717) is 11.8 Å². The summed E-state index contributed by atoms with van der Waals surface area (Å²) < 4.78 is 5.27. The van der Waals surface area contributed by atoms with Crippen molar-refractivity contribution in [3.8, 4) is 11.5 Å². The second-order valence-electron chi connectivity index (χ2n) is 5.34. The molecule has 0 unspecified atom stereocenters. The molecule has 2 aliphatic rings. The van der Waals surface area contributed by atoms with Crippen LogP contribution in [-0.2, 0) is 6.42 Å². The van der Waals surface area contributed by atoms with Crippen molar-refractivity contribution in [2.24, 2.45) is 5.73 Å². The summed E-state index contributed by atoms with van der Waals surface area (Å²) in [5, 5.41) is 10.3. The Morgan fingerprint density at radius 1 is 1.30 bits per heavy atom. The molecular weight excluding hydrogens is 299 g/mol. The van der Waals surface area contributed by atoms with Crippen molar-refractivity contribution in [2.75, 3.05) is 20.7 Å². The van der Waals surface area contributed by atoms with Crippen LogP contribution in [0, 0.1) is 0 Å². The molecule has 0 saturated carbocycles. The van der Waals surface area contributed by atoms with Crippen molar-refractivity contribution < 1.29 is 9.84 Å². The lowest BCUT2D eigenvalue weighted by Gasteiger charge is -2.41. The standard InChI is InChI=1S/C14H20N2O2.2ClH/c1-16-6-5-8-7-11(18-2)14(17)13-9(15)3-4-10(16)12(8)13;;/h7,9-10,17H,3-6,15H2,1-2H3;2*1H/t9-,10+;;/m1../s1. The molecule has 0 fully saturated rings. The van der Waals surface area contributed by atoms with Crippen molar-refractivity contribution in [1.29, 1.82) is 0 Å². The van der Waals surface area contributed by atoms with Gasteiger partial charge in [0.1, 0.15) is 0 Å². The second-order valence-corrected chi connectivity index (χ2v) is 5.34. The van der Waals surface area contributed by atoms with Gasteiger partial charge in [0.25, 0.3) is 0 Å². The van der Waals surface area contributed by atoms with Crippen LogP contribution >= 0.6 is 24.8 Å². The Labute approximate surface area is 132 Å². The maximum atomic E-state index is 10.3. The highest BCUT2D eigenvalue weighted by Crippen LogP contribution is 2.49. The Hall–Kier alpha value is -0.680. The molecule has 3 N–H and O–H groups in total. The summed E-state index contributed by atoms with van der Waals surface area (Å²) in [6.45, 7) is 1.06. The Bertz CT molecular complexity index is 497. The predicted octanol–water partition coefficient (Wildman–Crippen LogP) is 2.57. The number of nitrogens with zero attached hydrogens (tertiary/aromatic N) is 1. The fraction of sp³-hybridized carbons (Fsp3) is 0.571. The smallest absolute Gasteiger partial charge is 0.162 e. The molecule has 0 radical (unpaired) electrons. The SMILES string of the molecule is COc1cc2c3c(c1O)[C@H](N)CC[C@@H]3N(C)CC2.Cl.Cl. The van der Waals surface area contributed by atoms with E-state index in [2.05, 4.69) is 11.9 Å². The van der Waals surface area contributed by atoms with Gasteiger partial charge in [-0.2, -0.15) is 0 Å². The number of nitrogens with two attached hydrogens (primary N) is 1. The van der Waals surface area contributed by atoms with E-state index in [1.807, 2.05) is 6.07 Å². The Balaban J connectivity index is 0.000001000. The summed E-state index contributed by atoms with van der Waals surface area (Å²) in [5.74, 6) is 0.799. The Kier molecular flexibility index (Phi) is 5.55. The van der Waals surface area contributed by atoms with E-state index in [1.165, 1.54) is 11.1 Å². The zero-order valence-corrected chi connectivity index (χ0v) is 13.4. The van der Waals surface area contributed by atoms with Crippen LogP contribution in [0.2, 0.25) is 0 Å². The first-order valence-electron chi connectivity index (χ1n) is 6.52. The minimum Gasteiger partial charge on any atom is -0.504 e. The topological polar surface area (TPSA) is 58.7 Å². The van der Waals surface area contributed by atoms with E-state index in [0.717, 1.165) is 31.4 Å².